The summed E-state index contributed by atoms with van der Waals surface area (Å²) in [5.41, 5.74) is -0.461. The van der Waals surface area contributed by atoms with Crippen molar-refractivity contribution in [2.45, 2.75) is 0 Å². The Morgan fingerprint density at radius 2 is 2.13 bits per heavy atom. The fraction of sp³-hybridized carbons (Fsp3) is 0.143. The number of ether oxygens (including phenoxy) is 1. The molecule has 1 N–H and O–H groups in total. The molecule has 1 aromatic carbocycles. The van der Waals surface area contributed by atoms with Crippen molar-refractivity contribution < 1.29 is 23.6 Å². The summed E-state index contributed by atoms with van der Waals surface area (Å²) >= 11 is 0. The van der Waals surface area contributed by atoms with Gasteiger partial charge in [-0.2, -0.15) is 4.39 Å². The Kier molecular flexibility index (Phi) is 4.69. The second kappa shape index (κ2) is 6.69. The molecule has 2 aromatic rings. The molecule has 1 aromatic heterocycles. The number of nitro groups is 1. The van der Waals surface area contributed by atoms with Crippen LogP contribution in [0.25, 0.3) is 0 Å². The lowest BCUT2D eigenvalue weighted by atomic mass is 10.2. The molecule has 0 saturated carbocycles. The van der Waals surface area contributed by atoms with Crippen molar-refractivity contribution in [3.63, 3.8) is 0 Å². The number of hydrogen-bond donors (Lipinski definition) is 1. The third-order valence-electron chi connectivity index (χ3n) is 2.91. The van der Waals surface area contributed by atoms with Gasteiger partial charge in [-0.05, 0) is 24.3 Å². The van der Waals surface area contributed by atoms with Crippen LogP contribution in [0.4, 0.5) is 15.8 Å². The quantitative estimate of drug-likeness (QED) is 0.514. The van der Waals surface area contributed by atoms with Crippen molar-refractivity contribution >= 4 is 23.3 Å². The number of benzene rings is 1. The lowest BCUT2D eigenvalue weighted by Gasteiger charge is -2.07. The number of anilines is 1. The van der Waals surface area contributed by atoms with E-state index in [1.165, 1.54) is 16.7 Å². The Morgan fingerprint density at radius 1 is 1.39 bits per heavy atom. The minimum absolute atomic E-state index is 0.0259. The summed E-state index contributed by atoms with van der Waals surface area (Å²) in [4.78, 5) is 33.1. The van der Waals surface area contributed by atoms with E-state index in [9.17, 15) is 24.1 Å². The average Bonchev–Trinajstić information content (AvgIpc) is 2.92. The van der Waals surface area contributed by atoms with Crippen LogP contribution in [0.1, 0.15) is 10.5 Å². The van der Waals surface area contributed by atoms with Crippen LogP contribution in [-0.2, 0) is 16.6 Å². The third kappa shape index (κ3) is 3.90. The van der Waals surface area contributed by atoms with Gasteiger partial charge >= 0.3 is 11.7 Å². The zero-order chi connectivity index (χ0) is 17.0. The number of rotatable bonds is 5. The summed E-state index contributed by atoms with van der Waals surface area (Å²) in [5, 5.41) is 12.9. The van der Waals surface area contributed by atoms with Crippen molar-refractivity contribution in [2.75, 3.05) is 11.9 Å². The first-order valence-corrected chi connectivity index (χ1v) is 6.40. The van der Waals surface area contributed by atoms with Gasteiger partial charge in [-0.3, -0.25) is 14.9 Å². The van der Waals surface area contributed by atoms with Gasteiger partial charge in [0.05, 0.1) is 4.92 Å². The van der Waals surface area contributed by atoms with E-state index in [0.717, 1.165) is 12.1 Å². The second-order valence-electron chi connectivity index (χ2n) is 4.55. The fourth-order valence-electron chi connectivity index (χ4n) is 1.81. The Labute approximate surface area is 129 Å². The summed E-state index contributed by atoms with van der Waals surface area (Å²) in [6.07, 6.45) is 1.65. The van der Waals surface area contributed by atoms with Crippen LogP contribution in [0.2, 0.25) is 0 Å². The van der Waals surface area contributed by atoms with Crippen molar-refractivity contribution in [1.29, 1.82) is 0 Å². The molecule has 23 heavy (non-hydrogen) atoms. The van der Waals surface area contributed by atoms with E-state index in [2.05, 4.69) is 5.32 Å². The number of carbonyl (C=O) groups is 2. The topological polar surface area (TPSA) is 103 Å². The SMILES string of the molecule is Cn1cccc1C(=O)OCC(=O)Nc1ccc(F)c([N+](=O)[O-])c1. The lowest BCUT2D eigenvalue weighted by molar-refractivity contribution is -0.387. The molecule has 0 saturated heterocycles. The van der Waals surface area contributed by atoms with Crippen molar-refractivity contribution in [3.05, 3.63) is 58.2 Å². The number of nitro benzene ring substituents is 1. The van der Waals surface area contributed by atoms with Gasteiger partial charge in [-0.1, -0.05) is 0 Å². The number of nitrogens with one attached hydrogen (secondary N) is 1. The zero-order valence-corrected chi connectivity index (χ0v) is 12.0. The minimum Gasteiger partial charge on any atom is -0.451 e. The van der Waals surface area contributed by atoms with Crippen LogP contribution in [-0.4, -0.2) is 28.0 Å². The largest absolute Gasteiger partial charge is 0.451 e. The maximum atomic E-state index is 13.2. The number of amides is 1. The van der Waals surface area contributed by atoms with Gasteiger partial charge in [-0.15, -0.1) is 0 Å². The van der Waals surface area contributed by atoms with Crippen molar-refractivity contribution in [3.8, 4) is 0 Å². The van der Waals surface area contributed by atoms with E-state index in [1.807, 2.05) is 0 Å². The number of aryl methyl sites for hydroxylation is 1. The number of carbonyl (C=O) groups excluding carboxylic acids is 2. The molecule has 0 atom stereocenters. The highest BCUT2D eigenvalue weighted by Gasteiger charge is 2.16. The predicted octanol–water partition coefficient (Wildman–Crippen LogP) is 1.87. The van der Waals surface area contributed by atoms with Gasteiger partial charge in [0, 0.05) is 25.0 Å². The molecule has 0 unspecified atom stereocenters. The van der Waals surface area contributed by atoms with Crippen LogP contribution in [0.3, 0.4) is 0 Å². The minimum atomic E-state index is -1.01. The Balaban J connectivity index is 1.95. The first kappa shape index (κ1) is 16.1. The first-order chi connectivity index (χ1) is 10.9. The molecule has 0 aliphatic heterocycles. The highest BCUT2D eigenvalue weighted by molar-refractivity contribution is 5.95. The number of esters is 1. The van der Waals surface area contributed by atoms with Crippen molar-refractivity contribution in [1.82, 2.24) is 4.57 Å². The molecule has 0 fully saturated rings. The van der Waals surface area contributed by atoms with E-state index in [0.29, 0.717) is 0 Å². The molecule has 120 valence electrons. The number of aromatic nitrogens is 1. The molecule has 8 nitrogen and oxygen atoms in total. The van der Waals surface area contributed by atoms with Crippen molar-refractivity contribution in [2.24, 2.45) is 7.05 Å². The maximum absolute atomic E-state index is 13.2. The molecule has 0 aliphatic carbocycles. The highest BCUT2D eigenvalue weighted by Crippen LogP contribution is 2.21. The summed E-state index contributed by atoms with van der Waals surface area (Å²) in [5.74, 6) is -2.39. The Morgan fingerprint density at radius 3 is 2.74 bits per heavy atom. The molecule has 1 heterocycles. The Bertz CT molecular complexity index is 772. The molecule has 1 amide bonds. The predicted molar refractivity (Wildman–Crippen MR) is 77.4 cm³/mol. The monoisotopic (exact) mass is 321 g/mol. The summed E-state index contributed by atoms with van der Waals surface area (Å²) in [7, 11) is 1.65. The normalized spacial score (nSPS) is 10.2. The highest BCUT2D eigenvalue weighted by atomic mass is 19.1. The standard InChI is InChI=1S/C14H12FN3O5/c1-17-6-2-3-11(17)14(20)23-8-13(19)16-9-4-5-10(15)12(7-9)18(21)22/h2-7H,8H2,1H3,(H,16,19). The van der Waals surface area contributed by atoms with Crippen LogP contribution < -0.4 is 5.32 Å². The van der Waals surface area contributed by atoms with Gasteiger partial charge in [0.2, 0.25) is 5.82 Å². The molecule has 0 aliphatic rings. The molecular weight excluding hydrogens is 309 g/mol. The molecule has 0 spiro atoms. The molecule has 0 radical (unpaired) electrons. The summed E-state index contributed by atoms with van der Waals surface area (Å²) in [6, 6.07) is 6.09. The van der Waals surface area contributed by atoms with E-state index in [-0.39, 0.29) is 11.4 Å². The van der Waals surface area contributed by atoms with Crippen LogP contribution in [0, 0.1) is 15.9 Å². The van der Waals surface area contributed by atoms with Gasteiger partial charge in [0.15, 0.2) is 6.61 Å². The summed E-state index contributed by atoms with van der Waals surface area (Å²) in [6.45, 7) is -0.574. The fourth-order valence-corrected chi connectivity index (χ4v) is 1.81. The average molecular weight is 321 g/mol. The molecule has 0 bridgehead atoms. The number of nitrogens with zero attached hydrogens (tertiary/aromatic N) is 2. The first-order valence-electron chi connectivity index (χ1n) is 6.40. The molecule has 9 heteroatoms. The second-order valence-corrected chi connectivity index (χ2v) is 4.55. The molecule has 2 rings (SSSR count). The molecular formula is C14H12FN3O5. The smallest absolute Gasteiger partial charge is 0.355 e. The van der Waals surface area contributed by atoms with E-state index >= 15 is 0 Å². The summed E-state index contributed by atoms with van der Waals surface area (Å²) < 4.78 is 19.5. The Hall–Kier alpha value is -3.23. The van der Waals surface area contributed by atoms with Crippen LogP contribution in [0.15, 0.2) is 36.5 Å². The van der Waals surface area contributed by atoms with Gasteiger partial charge in [-0.25, -0.2) is 4.79 Å². The van der Waals surface area contributed by atoms with Gasteiger partial charge in [0.25, 0.3) is 5.91 Å². The third-order valence-corrected chi connectivity index (χ3v) is 2.91. The number of hydrogen-bond acceptors (Lipinski definition) is 5. The van der Waals surface area contributed by atoms with E-state index < -0.39 is 34.9 Å². The van der Waals surface area contributed by atoms with E-state index in [4.69, 9.17) is 4.74 Å². The van der Waals surface area contributed by atoms with Crippen LogP contribution in [0.5, 0.6) is 0 Å². The van der Waals surface area contributed by atoms with Crippen LogP contribution >= 0.6 is 0 Å². The lowest BCUT2D eigenvalue weighted by Crippen LogP contribution is -2.21. The maximum Gasteiger partial charge on any atom is 0.355 e. The zero-order valence-electron chi connectivity index (χ0n) is 12.0. The van der Waals surface area contributed by atoms with Gasteiger partial charge < -0.3 is 14.6 Å². The van der Waals surface area contributed by atoms with E-state index in [1.54, 1.807) is 19.3 Å². The van der Waals surface area contributed by atoms with Gasteiger partial charge in [0.1, 0.15) is 5.69 Å². The number of halogens is 1.